The highest BCUT2D eigenvalue weighted by molar-refractivity contribution is 5.51. The van der Waals surface area contributed by atoms with Crippen LogP contribution in [-0.2, 0) is 0 Å². The van der Waals surface area contributed by atoms with Crippen molar-refractivity contribution in [1.82, 2.24) is 4.90 Å². The highest BCUT2D eigenvalue weighted by atomic mass is 15.3. The summed E-state index contributed by atoms with van der Waals surface area (Å²) in [4.78, 5) is 2.72. The van der Waals surface area contributed by atoms with Gasteiger partial charge in [-0.05, 0) is 61.2 Å². The van der Waals surface area contributed by atoms with E-state index in [0.717, 1.165) is 47.6 Å². The fourth-order valence-electron chi connectivity index (χ4n) is 6.71. The smallest absolute Gasteiger partial charge is 0.234 e. The average molecular weight is 320 g/mol. The third kappa shape index (κ3) is 3.46. The molecule has 1 aliphatic heterocycles. The van der Waals surface area contributed by atoms with Crippen LogP contribution in [0.2, 0.25) is 0 Å². The van der Waals surface area contributed by atoms with Crippen molar-refractivity contribution in [3.63, 3.8) is 0 Å². The Bertz CT molecular complexity index is 419. The molecule has 0 radical (unpaired) electrons. The van der Waals surface area contributed by atoms with Gasteiger partial charge in [0.15, 0.2) is 0 Å². The molecule has 0 aromatic rings. The maximum Gasteiger partial charge on any atom is 0.234 e. The van der Waals surface area contributed by atoms with Crippen molar-refractivity contribution in [1.29, 1.82) is 0 Å². The lowest BCUT2D eigenvalue weighted by molar-refractivity contribution is -0.573. The van der Waals surface area contributed by atoms with E-state index >= 15 is 0 Å². The lowest BCUT2D eigenvalue weighted by Gasteiger charge is -2.39. The molecule has 3 aliphatic rings. The Kier molecular flexibility index (Phi) is 5.09. The van der Waals surface area contributed by atoms with Crippen molar-refractivity contribution in [2.24, 2.45) is 35.5 Å². The van der Waals surface area contributed by atoms with Crippen LogP contribution < -0.4 is 0 Å². The van der Waals surface area contributed by atoms with Crippen molar-refractivity contribution in [3.05, 3.63) is 0 Å². The minimum Gasteiger partial charge on any atom is -0.261 e. The summed E-state index contributed by atoms with van der Waals surface area (Å²) < 4.78 is 2.72. The summed E-state index contributed by atoms with van der Waals surface area (Å²) in [6.45, 7) is 17.3. The molecule has 132 valence electrons. The summed E-state index contributed by atoms with van der Waals surface area (Å²) in [5.41, 5.74) is 0. The van der Waals surface area contributed by atoms with Gasteiger partial charge < -0.3 is 0 Å². The van der Waals surface area contributed by atoms with E-state index in [1.165, 1.54) is 38.8 Å². The Labute approximate surface area is 144 Å². The molecule has 23 heavy (non-hydrogen) atoms. The first kappa shape index (κ1) is 17.3. The van der Waals surface area contributed by atoms with E-state index < -0.39 is 0 Å². The van der Waals surface area contributed by atoms with E-state index in [1.807, 2.05) is 0 Å². The third-order valence-electron chi connectivity index (χ3n) is 7.11. The second-order valence-corrected chi connectivity index (χ2v) is 9.63. The van der Waals surface area contributed by atoms with Gasteiger partial charge in [-0.15, -0.1) is 0 Å². The molecule has 0 aromatic carbocycles. The van der Waals surface area contributed by atoms with E-state index in [4.69, 9.17) is 0 Å². The normalized spacial score (nSPS) is 48.4. The van der Waals surface area contributed by atoms with E-state index in [9.17, 15) is 0 Å². The van der Waals surface area contributed by atoms with E-state index in [2.05, 4.69) is 57.4 Å². The van der Waals surface area contributed by atoms with E-state index in [-0.39, 0.29) is 0 Å². The number of nitrogens with zero attached hydrogens (tertiary/aromatic N) is 2. The van der Waals surface area contributed by atoms with Crippen LogP contribution in [0.15, 0.2) is 0 Å². The van der Waals surface area contributed by atoms with Gasteiger partial charge in [0.05, 0.1) is 0 Å². The van der Waals surface area contributed by atoms with Gasteiger partial charge in [-0.2, -0.15) is 0 Å². The van der Waals surface area contributed by atoms with Crippen LogP contribution >= 0.6 is 0 Å². The van der Waals surface area contributed by atoms with Crippen LogP contribution in [0.1, 0.15) is 67.2 Å². The van der Waals surface area contributed by atoms with E-state index in [0.29, 0.717) is 0 Å². The first-order chi connectivity index (χ1) is 10.9. The monoisotopic (exact) mass is 319 g/mol. The molecule has 1 heterocycles. The Morgan fingerprint density at radius 2 is 1.22 bits per heavy atom. The minimum absolute atomic E-state index is 0.768. The van der Waals surface area contributed by atoms with Gasteiger partial charge in [0.2, 0.25) is 6.34 Å². The van der Waals surface area contributed by atoms with Gasteiger partial charge in [-0.25, -0.2) is 0 Å². The standard InChI is InChI=1S/C21H39N2/c1-14-9-16(3)20(17(4)10-14)22-7-8-23(13-22)21-18(5)11-15(2)12-19(21)6/h13-21H,7-12H2,1-6H3/q+1. The Hall–Kier alpha value is -0.530. The molecule has 0 aromatic heterocycles. The van der Waals surface area contributed by atoms with Gasteiger partial charge in [-0.3, -0.25) is 9.48 Å². The van der Waals surface area contributed by atoms with Gasteiger partial charge in [0.25, 0.3) is 0 Å². The molecule has 0 spiro atoms. The Balaban J connectivity index is 1.73. The zero-order valence-corrected chi connectivity index (χ0v) is 16.3. The molecular weight excluding hydrogens is 280 g/mol. The molecule has 2 heteroatoms. The molecule has 2 aliphatic carbocycles. The number of hydrogen-bond donors (Lipinski definition) is 0. The summed E-state index contributed by atoms with van der Waals surface area (Å²) >= 11 is 0. The van der Waals surface area contributed by atoms with Gasteiger partial charge in [0, 0.05) is 0 Å². The topological polar surface area (TPSA) is 6.25 Å². The molecule has 0 amide bonds. The molecule has 2 fully saturated rings. The fraction of sp³-hybridized carbons (Fsp3) is 0.952. The minimum atomic E-state index is 0.768. The zero-order valence-electron chi connectivity index (χ0n) is 16.3. The Morgan fingerprint density at radius 3 is 1.74 bits per heavy atom. The molecule has 0 N–H and O–H groups in total. The van der Waals surface area contributed by atoms with Crippen molar-refractivity contribution in [2.45, 2.75) is 79.3 Å². The summed E-state index contributed by atoms with van der Waals surface area (Å²) in [5, 5.41) is 0. The summed E-state index contributed by atoms with van der Waals surface area (Å²) in [6.07, 6.45) is 8.18. The largest absolute Gasteiger partial charge is 0.261 e. The summed E-state index contributed by atoms with van der Waals surface area (Å²) in [7, 11) is 0. The van der Waals surface area contributed by atoms with Crippen LogP contribution in [0.4, 0.5) is 0 Å². The van der Waals surface area contributed by atoms with Gasteiger partial charge >= 0.3 is 0 Å². The second-order valence-electron chi connectivity index (χ2n) is 9.63. The van der Waals surface area contributed by atoms with Crippen molar-refractivity contribution in [3.8, 4) is 0 Å². The predicted molar refractivity (Wildman–Crippen MR) is 98.9 cm³/mol. The molecule has 3 rings (SSSR count). The second kappa shape index (κ2) is 6.76. The maximum absolute atomic E-state index is 2.72. The lowest BCUT2D eigenvalue weighted by Crippen LogP contribution is -2.46. The highest BCUT2D eigenvalue weighted by Crippen LogP contribution is 2.38. The maximum atomic E-state index is 2.72. The summed E-state index contributed by atoms with van der Waals surface area (Å²) in [6, 6.07) is 1.54. The van der Waals surface area contributed by atoms with Crippen molar-refractivity contribution < 1.29 is 4.58 Å². The average Bonchev–Trinajstić information content (AvgIpc) is 2.85. The molecular formula is C21H39N2+. The van der Waals surface area contributed by atoms with E-state index in [1.54, 1.807) is 0 Å². The Morgan fingerprint density at radius 1 is 0.739 bits per heavy atom. The summed E-state index contributed by atoms with van der Waals surface area (Å²) in [5.74, 6) is 5.18. The van der Waals surface area contributed by atoms with Crippen molar-refractivity contribution in [2.75, 3.05) is 13.1 Å². The van der Waals surface area contributed by atoms with Crippen LogP contribution in [0.3, 0.4) is 0 Å². The first-order valence-corrected chi connectivity index (χ1v) is 10.2. The van der Waals surface area contributed by atoms with Crippen LogP contribution in [0.5, 0.6) is 0 Å². The quantitative estimate of drug-likeness (QED) is 0.680. The number of hydrogen-bond acceptors (Lipinski definition) is 1. The molecule has 0 saturated heterocycles. The SMILES string of the molecule is CC1CC(C)C(N2C=[N+](C3C(C)CC(C)CC3C)CC2)C(C)C1. The number of rotatable bonds is 2. The lowest BCUT2D eigenvalue weighted by atomic mass is 9.73. The zero-order chi connectivity index (χ0) is 16.7. The van der Waals surface area contributed by atoms with Gasteiger partial charge in [0.1, 0.15) is 25.2 Å². The van der Waals surface area contributed by atoms with Crippen LogP contribution in [0, 0.1) is 35.5 Å². The molecule has 2 nitrogen and oxygen atoms in total. The molecule has 0 bridgehead atoms. The predicted octanol–water partition coefficient (Wildman–Crippen LogP) is 4.48. The van der Waals surface area contributed by atoms with Crippen LogP contribution in [0.25, 0.3) is 0 Å². The van der Waals surface area contributed by atoms with Crippen LogP contribution in [-0.4, -0.2) is 41.0 Å². The van der Waals surface area contributed by atoms with Crippen molar-refractivity contribution >= 4 is 6.34 Å². The first-order valence-electron chi connectivity index (χ1n) is 10.2. The molecule has 4 unspecified atom stereocenters. The molecule has 4 atom stereocenters. The fourth-order valence-corrected chi connectivity index (χ4v) is 6.71. The van der Waals surface area contributed by atoms with Gasteiger partial charge in [-0.1, -0.05) is 41.5 Å². The highest BCUT2D eigenvalue weighted by Gasteiger charge is 2.43. The molecule has 2 saturated carbocycles. The third-order valence-corrected chi connectivity index (χ3v) is 7.11.